The fourth-order valence-electron chi connectivity index (χ4n) is 9.81. The molecular formula is C47H59N11O2. The van der Waals surface area contributed by atoms with Gasteiger partial charge >= 0.3 is 0 Å². The third-order valence-corrected chi connectivity index (χ3v) is 13.4. The summed E-state index contributed by atoms with van der Waals surface area (Å²) in [6, 6.07) is 26.7. The van der Waals surface area contributed by atoms with Crippen molar-refractivity contribution in [2.24, 2.45) is 0 Å². The molecule has 3 saturated heterocycles. The van der Waals surface area contributed by atoms with Crippen molar-refractivity contribution in [3.05, 3.63) is 72.8 Å². The van der Waals surface area contributed by atoms with Crippen LogP contribution in [0.2, 0.25) is 0 Å². The molecule has 13 nitrogen and oxygen atoms in total. The van der Waals surface area contributed by atoms with E-state index in [4.69, 9.17) is 9.97 Å². The quantitative estimate of drug-likeness (QED) is 0.117. The van der Waals surface area contributed by atoms with Crippen molar-refractivity contribution in [2.45, 2.75) is 19.4 Å². The fraction of sp³-hybridized carbons (Fsp3) is 0.447. The van der Waals surface area contributed by atoms with Gasteiger partial charge in [-0.1, -0.05) is 12.1 Å². The molecule has 0 unspecified atom stereocenters. The molecule has 3 fully saturated rings. The number of hydrogen-bond acceptors (Lipinski definition) is 10. The summed E-state index contributed by atoms with van der Waals surface area (Å²) in [5.41, 5.74) is 11.1. The number of β-amino-alcohol motifs (C(OH)–C–C–N with tert-alkyl or cyclic N) is 2. The topological polar surface area (TPSA) is 122 Å². The Morgan fingerprint density at radius 2 is 1.12 bits per heavy atom. The Kier molecular flexibility index (Phi) is 11.2. The van der Waals surface area contributed by atoms with Crippen LogP contribution in [-0.2, 0) is 6.54 Å². The number of aryl methyl sites for hydroxylation is 1. The monoisotopic (exact) mass is 809 g/mol. The van der Waals surface area contributed by atoms with E-state index in [1.54, 1.807) is 0 Å². The number of anilines is 2. The van der Waals surface area contributed by atoms with Crippen molar-refractivity contribution in [3.63, 3.8) is 0 Å². The Labute approximate surface area is 351 Å². The molecule has 0 radical (unpaired) electrons. The second-order valence-corrected chi connectivity index (χ2v) is 17.1. The van der Waals surface area contributed by atoms with E-state index >= 15 is 0 Å². The van der Waals surface area contributed by atoms with Gasteiger partial charge in [0.1, 0.15) is 11.6 Å². The SMILES string of the molecule is CN1CCN(CCCCn2c3ccc(-c4nc5ccc(N6CCN(CCO)CC6)cc5[nH]4)cc3c3c(-c4nc5ccc(N6CCN(CCO)CC6)cc5[nH]4)cccc32)CC1. The Hall–Kier alpha value is -5.02. The number of nitrogens with one attached hydrogen (secondary N) is 2. The lowest BCUT2D eigenvalue weighted by Gasteiger charge is -2.35. The molecule has 3 aliphatic rings. The van der Waals surface area contributed by atoms with Gasteiger partial charge in [-0.25, -0.2) is 9.97 Å². The second kappa shape index (κ2) is 17.2. The number of aliphatic hydroxyl groups excluding tert-OH is 2. The summed E-state index contributed by atoms with van der Waals surface area (Å²) in [4.78, 5) is 32.3. The van der Waals surface area contributed by atoms with E-state index in [0.717, 1.165) is 156 Å². The lowest BCUT2D eigenvalue weighted by atomic mass is 10.0. The predicted molar refractivity (Wildman–Crippen MR) is 244 cm³/mol. The molecule has 13 heteroatoms. The molecule has 0 bridgehead atoms. The van der Waals surface area contributed by atoms with Crippen LogP contribution in [0, 0.1) is 0 Å². The fourth-order valence-corrected chi connectivity index (χ4v) is 9.81. The van der Waals surface area contributed by atoms with Crippen molar-refractivity contribution < 1.29 is 10.2 Å². The molecule has 6 heterocycles. The zero-order chi connectivity index (χ0) is 40.6. The summed E-state index contributed by atoms with van der Waals surface area (Å²) in [5, 5.41) is 21.2. The lowest BCUT2D eigenvalue weighted by Crippen LogP contribution is -2.47. The van der Waals surface area contributed by atoms with Gasteiger partial charge in [0.15, 0.2) is 0 Å². The van der Waals surface area contributed by atoms with Crippen LogP contribution >= 0.6 is 0 Å². The summed E-state index contributed by atoms with van der Waals surface area (Å²) in [7, 11) is 2.22. The number of unbranched alkanes of at least 4 members (excludes halogenated alkanes) is 1. The molecule has 7 aromatic rings. The number of rotatable bonds is 13. The highest BCUT2D eigenvalue weighted by molar-refractivity contribution is 6.15. The van der Waals surface area contributed by atoms with Gasteiger partial charge in [-0.3, -0.25) is 9.80 Å². The van der Waals surface area contributed by atoms with Crippen LogP contribution in [0.3, 0.4) is 0 Å². The summed E-state index contributed by atoms with van der Waals surface area (Å²) >= 11 is 0. The van der Waals surface area contributed by atoms with Crippen molar-refractivity contribution in [1.82, 2.24) is 44.1 Å². The summed E-state index contributed by atoms with van der Waals surface area (Å²) in [6.07, 6.45) is 2.28. The largest absolute Gasteiger partial charge is 0.395 e. The predicted octanol–water partition coefficient (Wildman–Crippen LogP) is 5.14. The second-order valence-electron chi connectivity index (χ2n) is 17.1. The van der Waals surface area contributed by atoms with Gasteiger partial charge in [0.2, 0.25) is 0 Å². The van der Waals surface area contributed by atoms with Gasteiger partial charge < -0.3 is 44.3 Å². The van der Waals surface area contributed by atoms with Crippen LogP contribution in [0.1, 0.15) is 12.8 Å². The minimum atomic E-state index is 0.208. The third kappa shape index (κ3) is 7.86. The molecule has 3 aliphatic heterocycles. The molecule has 4 N–H and O–H groups in total. The minimum Gasteiger partial charge on any atom is -0.395 e. The average Bonchev–Trinajstić information content (AvgIpc) is 4.00. The van der Waals surface area contributed by atoms with Crippen molar-refractivity contribution in [2.75, 3.05) is 128 Å². The Morgan fingerprint density at radius 3 is 1.75 bits per heavy atom. The Morgan fingerprint density at radius 1 is 0.550 bits per heavy atom. The number of hydrogen-bond donors (Lipinski definition) is 4. The summed E-state index contributed by atoms with van der Waals surface area (Å²) in [6.45, 7) is 16.2. The van der Waals surface area contributed by atoms with Crippen molar-refractivity contribution in [3.8, 4) is 22.8 Å². The Balaban J connectivity index is 0.983. The molecule has 0 aliphatic carbocycles. The molecule has 4 aromatic carbocycles. The average molecular weight is 810 g/mol. The van der Waals surface area contributed by atoms with E-state index in [1.165, 1.54) is 39.6 Å². The number of aromatic nitrogens is 5. The molecule has 314 valence electrons. The molecule has 0 spiro atoms. The minimum absolute atomic E-state index is 0.208. The number of benzene rings is 4. The van der Waals surface area contributed by atoms with Crippen LogP contribution in [0.25, 0.3) is 66.6 Å². The first-order valence-corrected chi connectivity index (χ1v) is 22.1. The van der Waals surface area contributed by atoms with Crippen molar-refractivity contribution >= 4 is 55.2 Å². The number of imidazole rings is 2. The van der Waals surface area contributed by atoms with E-state index < -0.39 is 0 Å². The van der Waals surface area contributed by atoms with Gasteiger partial charge in [0.05, 0.1) is 35.3 Å². The highest BCUT2D eigenvalue weighted by Gasteiger charge is 2.22. The standard InChI is InChI=1S/C47H59N11O2/c1-52-15-17-53(18-16-52)13-2-3-14-58-43-12-7-34(46-48-39-10-8-35(32-41(39)50-46)56-23-19-54(20-24-56)27-29-59)31-38(43)45-37(5-4-6-44(45)58)47-49-40-11-9-36(33-42(40)51-47)57-25-21-55(22-26-57)28-30-60/h4-12,31-33,59-60H,2-3,13-30H2,1H3,(H,48,50)(H,49,51). The van der Waals surface area contributed by atoms with Gasteiger partial charge in [0.25, 0.3) is 0 Å². The van der Waals surface area contributed by atoms with E-state index in [0.29, 0.717) is 0 Å². The van der Waals surface area contributed by atoms with Crippen LogP contribution in [0.15, 0.2) is 72.8 Å². The molecule has 10 rings (SSSR count). The number of nitrogens with zero attached hydrogens (tertiary/aromatic N) is 9. The first kappa shape index (κ1) is 39.1. The zero-order valence-electron chi connectivity index (χ0n) is 35.0. The number of piperazine rings is 3. The highest BCUT2D eigenvalue weighted by Crippen LogP contribution is 2.39. The van der Waals surface area contributed by atoms with Crippen molar-refractivity contribution in [1.29, 1.82) is 0 Å². The van der Waals surface area contributed by atoms with E-state index in [9.17, 15) is 10.2 Å². The third-order valence-electron chi connectivity index (χ3n) is 13.4. The van der Waals surface area contributed by atoms with Crippen LogP contribution in [0.5, 0.6) is 0 Å². The molecule has 0 atom stereocenters. The van der Waals surface area contributed by atoms with Gasteiger partial charge in [-0.15, -0.1) is 0 Å². The normalized spacial score (nSPS) is 18.0. The van der Waals surface area contributed by atoms with Gasteiger partial charge in [-0.05, 0) is 87.1 Å². The summed E-state index contributed by atoms with van der Waals surface area (Å²) < 4.78 is 2.53. The molecule has 0 saturated carbocycles. The molecule has 3 aromatic heterocycles. The first-order valence-electron chi connectivity index (χ1n) is 22.1. The number of fused-ring (bicyclic) bond motifs is 5. The summed E-state index contributed by atoms with van der Waals surface area (Å²) in [5.74, 6) is 1.75. The van der Waals surface area contributed by atoms with Gasteiger partial charge in [-0.2, -0.15) is 0 Å². The van der Waals surface area contributed by atoms with Crippen LogP contribution < -0.4 is 9.80 Å². The smallest absolute Gasteiger partial charge is 0.139 e. The highest BCUT2D eigenvalue weighted by atomic mass is 16.3. The number of aromatic amines is 2. The number of aliphatic hydroxyl groups is 2. The maximum atomic E-state index is 9.42. The van der Waals surface area contributed by atoms with E-state index in [1.807, 2.05) is 0 Å². The van der Waals surface area contributed by atoms with E-state index in [-0.39, 0.29) is 13.2 Å². The van der Waals surface area contributed by atoms with Gasteiger partial charge in [0, 0.05) is 142 Å². The maximum absolute atomic E-state index is 9.42. The van der Waals surface area contributed by atoms with Crippen LogP contribution in [-0.4, -0.2) is 173 Å². The number of likely N-dealkylation sites (N-methyl/N-ethyl adjacent to an activating group) is 1. The lowest BCUT2D eigenvalue weighted by molar-refractivity contribution is 0.152. The number of H-pyrrole nitrogens is 2. The molecule has 0 amide bonds. The molecule has 60 heavy (non-hydrogen) atoms. The maximum Gasteiger partial charge on any atom is 0.139 e. The van der Waals surface area contributed by atoms with Crippen LogP contribution in [0.4, 0.5) is 11.4 Å². The first-order chi connectivity index (χ1) is 29.5. The molecular weight excluding hydrogens is 751 g/mol. The Bertz CT molecular complexity index is 2570. The zero-order valence-corrected chi connectivity index (χ0v) is 35.0. The van der Waals surface area contributed by atoms with E-state index in [2.05, 4.69) is 124 Å².